The van der Waals surface area contributed by atoms with Crippen LogP contribution < -0.4 is 5.32 Å². The van der Waals surface area contributed by atoms with Crippen molar-refractivity contribution >= 4 is 5.91 Å². The van der Waals surface area contributed by atoms with Crippen LogP contribution in [0, 0.1) is 13.8 Å². The van der Waals surface area contributed by atoms with Gasteiger partial charge in [0.1, 0.15) is 12.7 Å². The zero-order valence-electron chi connectivity index (χ0n) is 15.2. The molecule has 0 aliphatic rings. The van der Waals surface area contributed by atoms with Crippen molar-refractivity contribution in [3.63, 3.8) is 0 Å². The average Bonchev–Trinajstić information content (AvgIpc) is 3.25. The molecule has 0 aliphatic carbocycles. The molecular formula is C19H24N6O. The number of benzene rings is 1. The smallest absolute Gasteiger partial charge is 0.220 e. The van der Waals surface area contributed by atoms with Gasteiger partial charge in [-0.3, -0.25) is 9.48 Å². The van der Waals surface area contributed by atoms with E-state index in [9.17, 15) is 4.79 Å². The Morgan fingerprint density at radius 1 is 1.19 bits per heavy atom. The number of carbonyl (C=O) groups excluding carboxylic acids is 1. The highest BCUT2D eigenvalue weighted by Gasteiger charge is 2.05. The maximum atomic E-state index is 11.9. The maximum Gasteiger partial charge on any atom is 0.220 e. The van der Waals surface area contributed by atoms with Crippen LogP contribution in [-0.4, -0.2) is 37.0 Å². The molecule has 0 aliphatic heterocycles. The highest BCUT2D eigenvalue weighted by molar-refractivity contribution is 5.75. The van der Waals surface area contributed by atoms with Crippen LogP contribution in [-0.2, 0) is 17.8 Å². The van der Waals surface area contributed by atoms with E-state index in [0.29, 0.717) is 19.5 Å². The van der Waals surface area contributed by atoms with Gasteiger partial charge in [0.2, 0.25) is 5.91 Å². The van der Waals surface area contributed by atoms with E-state index >= 15 is 0 Å². The van der Waals surface area contributed by atoms with E-state index in [1.807, 2.05) is 18.5 Å². The van der Waals surface area contributed by atoms with E-state index in [2.05, 4.69) is 50.8 Å². The maximum absolute atomic E-state index is 11.9. The number of hydrogen-bond donors (Lipinski definition) is 1. The number of aromatic nitrogens is 5. The highest BCUT2D eigenvalue weighted by Crippen LogP contribution is 2.13. The number of carbonyl (C=O) groups is 1. The van der Waals surface area contributed by atoms with E-state index in [-0.39, 0.29) is 5.91 Å². The Morgan fingerprint density at radius 2 is 2.00 bits per heavy atom. The van der Waals surface area contributed by atoms with E-state index in [1.54, 1.807) is 11.0 Å². The molecule has 2 aromatic heterocycles. The lowest BCUT2D eigenvalue weighted by Crippen LogP contribution is -2.25. The number of nitrogens with zero attached hydrogens (tertiary/aromatic N) is 5. The molecule has 1 amide bonds. The van der Waals surface area contributed by atoms with Gasteiger partial charge in [0.25, 0.3) is 0 Å². The van der Waals surface area contributed by atoms with Crippen LogP contribution >= 0.6 is 0 Å². The first-order valence-corrected chi connectivity index (χ1v) is 8.83. The fourth-order valence-electron chi connectivity index (χ4n) is 2.88. The number of amides is 1. The Bertz CT molecular complexity index is 836. The summed E-state index contributed by atoms with van der Waals surface area (Å²) in [5, 5.41) is 11.5. The Hall–Kier alpha value is -2.96. The minimum absolute atomic E-state index is 0.0735. The molecule has 7 heteroatoms. The number of hydrogen-bond acceptors (Lipinski definition) is 4. The van der Waals surface area contributed by atoms with Crippen LogP contribution in [0.3, 0.4) is 0 Å². The van der Waals surface area contributed by atoms with E-state index < -0.39 is 0 Å². The summed E-state index contributed by atoms with van der Waals surface area (Å²) >= 11 is 0. The Morgan fingerprint density at radius 3 is 2.65 bits per heavy atom. The van der Waals surface area contributed by atoms with Crippen LogP contribution in [0.25, 0.3) is 5.69 Å². The lowest BCUT2D eigenvalue weighted by atomic mass is 10.1. The van der Waals surface area contributed by atoms with Crippen molar-refractivity contribution in [3.8, 4) is 5.69 Å². The monoisotopic (exact) mass is 352 g/mol. The van der Waals surface area contributed by atoms with E-state index in [0.717, 1.165) is 29.9 Å². The minimum atomic E-state index is 0.0735. The highest BCUT2D eigenvalue weighted by atomic mass is 16.1. The lowest BCUT2D eigenvalue weighted by Gasteiger charge is -2.08. The summed E-state index contributed by atoms with van der Waals surface area (Å²) in [5.41, 5.74) is 4.38. The quantitative estimate of drug-likeness (QED) is 0.674. The molecule has 26 heavy (non-hydrogen) atoms. The third-order valence-electron chi connectivity index (χ3n) is 4.18. The van der Waals surface area contributed by atoms with Crippen molar-refractivity contribution in [2.24, 2.45) is 0 Å². The molecule has 1 aromatic carbocycles. The van der Waals surface area contributed by atoms with E-state index in [1.165, 1.54) is 11.9 Å². The van der Waals surface area contributed by atoms with Crippen molar-refractivity contribution < 1.29 is 4.79 Å². The van der Waals surface area contributed by atoms with Crippen molar-refractivity contribution in [3.05, 3.63) is 59.9 Å². The van der Waals surface area contributed by atoms with Gasteiger partial charge in [-0.05, 0) is 50.5 Å². The van der Waals surface area contributed by atoms with Gasteiger partial charge in [0.05, 0.1) is 11.4 Å². The Kier molecular flexibility index (Phi) is 5.78. The molecule has 1 N–H and O–H groups in total. The standard InChI is InChI=1S/C19H24N6O/c1-15-12-16(2)25(23-15)18-7-5-17(6-8-18)9-10-21-19(26)4-3-11-24-14-20-13-22-24/h5-8,12-14H,3-4,9-11H2,1-2H3,(H,21,26). The van der Waals surface area contributed by atoms with Gasteiger partial charge < -0.3 is 5.32 Å². The van der Waals surface area contributed by atoms with Gasteiger partial charge in [-0.2, -0.15) is 10.2 Å². The Labute approximate surface area is 153 Å². The zero-order chi connectivity index (χ0) is 18.4. The van der Waals surface area contributed by atoms with Gasteiger partial charge in [0, 0.05) is 25.2 Å². The summed E-state index contributed by atoms with van der Waals surface area (Å²) in [4.78, 5) is 15.8. The van der Waals surface area contributed by atoms with Crippen LogP contribution in [0.5, 0.6) is 0 Å². The molecule has 3 rings (SSSR count). The van der Waals surface area contributed by atoms with Crippen molar-refractivity contribution in [1.29, 1.82) is 0 Å². The summed E-state index contributed by atoms with van der Waals surface area (Å²) in [6.07, 6.45) is 5.23. The van der Waals surface area contributed by atoms with Gasteiger partial charge in [-0.15, -0.1) is 0 Å². The van der Waals surface area contributed by atoms with Crippen molar-refractivity contribution in [2.75, 3.05) is 6.54 Å². The first-order chi connectivity index (χ1) is 12.6. The Balaban J connectivity index is 1.40. The molecular weight excluding hydrogens is 328 g/mol. The zero-order valence-corrected chi connectivity index (χ0v) is 15.2. The van der Waals surface area contributed by atoms with Crippen molar-refractivity contribution in [2.45, 2.75) is 39.7 Å². The van der Waals surface area contributed by atoms with Gasteiger partial charge in [-0.1, -0.05) is 12.1 Å². The molecule has 2 heterocycles. The van der Waals surface area contributed by atoms with Gasteiger partial charge >= 0.3 is 0 Å². The summed E-state index contributed by atoms with van der Waals surface area (Å²) in [6, 6.07) is 10.4. The molecule has 136 valence electrons. The third-order valence-corrected chi connectivity index (χ3v) is 4.18. The summed E-state index contributed by atoms with van der Waals surface area (Å²) in [5.74, 6) is 0.0735. The van der Waals surface area contributed by atoms with Gasteiger partial charge in [-0.25, -0.2) is 9.67 Å². The predicted octanol–water partition coefficient (Wildman–Crippen LogP) is 2.22. The van der Waals surface area contributed by atoms with Crippen molar-refractivity contribution in [1.82, 2.24) is 29.9 Å². The SMILES string of the molecule is Cc1cc(C)n(-c2ccc(CCNC(=O)CCCn3cncn3)cc2)n1. The summed E-state index contributed by atoms with van der Waals surface area (Å²) in [7, 11) is 0. The molecule has 0 unspecified atom stereocenters. The predicted molar refractivity (Wildman–Crippen MR) is 99.0 cm³/mol. The molecule has 7 nitrogen and oxygen atoms in total. The molecule has 3 aromatic rings. The van der Waals surface area contributed by atoms with Crippen LogP contribution in [0.4, 0.5) is 0 Å². The van der Waals surface area contributed by atoms with Gasteiger partial charge in [0.15, 0.2) is 0 Å². The second kappa shape index (κ2) is 8.42. The fraction of sp³-hybridized carbons (Fsp3) is 0.368. The second-order valence-corrected chi connectivity index (χ2v) is 6.37. The van der Waals surface area contributed by atoms with Crippen LogP contribution in [0.1, 0.15) is 29.8 Å². The topological polar surface area (TPSA) is 77.6 Å². The number of rotatable bonds is 8. The normalized spacial score (nSPS) is 10.8. The first kappa shape index (κ1) is 17.8. The average molecular weight is 352 g/mol. The molecule has 0 fully saturated rings. The molecule has 0 bridgehead atoms. The molecule has 0 spiro atoms. The van der Waals surface area contributed by atoms with Crippen LogP contribution in [0.2, 0.25) is 0 Å². The first-order valence-electron chi connectivity index (χ1n) is 8.83. The molecule has 0 atom stereocenters. The second-order valence-electron chi connectivity index (χ2n) is 6.37. The molecule has 0 saturated carbocycles. The number of nitrogens with one attached hydrogen (secondary N) is 1. The summed E-state index contributed by atoms with van der Waals surface area (Å²) in [6.45, 7) is 5.39. The van der Waals surface area contributed by atoms with Crippen LogP contribution in [0.15, 0.2) is 43.0 Å². The molecule has 0 saturated heterocycles. The third kappa shape index (κ3) is 4.78. The minimum Gasteiger partial charge on any atom is -0.356 e. The largest absolute Gasteiger partial charge is 0.356 e. The van der Waals surface area contributed by atoms with E-state index in [4.69, 9.17) is 0 Å². The number of aryl methyl sites for hydroxylation is 3. The lowest BCUT2D eigenvalue weighted by molar-refractivity contribution is -0.121. The molecule has 0 radical (unpaired) electrons. The fourth-order valence-corrected chi connectivity index (χ4v) is 2.88. The summed E-state index contributed by atoms with van der Waals surface area (Å²) < 4.78 is 3.67.